The Bertz CT molecular complexity index is 728. The van der Waals surface area contributed by atoms with Crippen LogP contribution in [0.3, 0.4) is 0 Å². The number of β-amino-alcohol motifs (C(OH)–C–C–N with tert-alkyl or cyclic N) is 1. The van der Waals surface area contributed by atoms with E-state index in [1.807, 2.05) is 16.8 Å². The number of alkyl halides is 3. The predicted octanol–water partition coefficient (Wildman–Crippen LogP) is 4.20. The molecule has 3 rings (SSSR count). The number of carbonyl (C=O) groups excluding carboxylic acids is 1. The van der Waals surface area contributed by atoms with Crippen LogP contribution in [-0.4, -0.2) is 28.6 Å². The zero-order chi connectivity index (χ0) is 18.2. The first kappa shape index (κ1) is 17.9. The SMILES string of the molecule is CC(C(=O)N1CC(O)CC1c1ccc(C(F)(F)F)cc1)c1ccsc1. The van der Waals surface area contributed by atoms with E-state index in [-0.39, 0.29) is 18.4 Å². The topological polar surface area (TPSA) is 40.5 Å². The first-order chi connectivity index (χ1) is 11.8. The third-order valence-corrected chi connectivity index (χ3v) is 5.30. The van der Waals surface area contributed by atoms with Crippen molar-refractivity contribution in [1.82, 2.24) is 4.90 Å². The van der Waals surface area contributed by atoms with Gasteiger partial charge in [0.1, 0.15) is 0 Å². The summed E-state index contributed by atoms with van der Waals surface area (Å²) in [6, 6.07) is 6.29. The van der Waals surface area contributed by atoms with Gasteiger partial charge in [0.25, 0.3) is 0 Å². The molecule has 0 saturated carbocycles. The number of benzene rings is 1. The van der Waals surface area contributed by atoms with Crippen LogP contribution in [0, 0.1) is 0 Å². The van der Waals surface area contributed by atoms with Gasteiger partial charge in [-0.05, 0) is 53.4 Å². The minimum absolute atomic E-state index is 0.125. The Morgan fingerprint density at radius 2 is 1.96 bits per heavy atom. The Hall–Kier alpha value is -1.86. The summed E-state index contributed by atoms with van der Waals surface area (Å²) in [5.74, 6) is -0.478. The van der Waals surface area contributed by atoms with E-state index >= 15 is 0 Å². The van der Waals surface area contributed by atoms with Crippen LogP contribution in [0.5, 0.6) is 0 Å². The summed E-state index contributed by atoms with van der Waals surface area (Å²) in [4.78, 5) is 14.4. The number of carbonyl (C=O) groups is 1. The van der Waals surface area contributed by atoms with Gasteiger partial charge in [-0.25, -0.2) is 0 Å². The van der Waals surface area contributed by atoms with Gasteiger partial charge in [0.15, 0.2) is 0 Å². The lowest BCUT2D eigenvalue weighted by molar-refractivity contribution is -0.137. The second kappa shape index (κ2) is 6.80. The molecule has 0 radical (unpaired) electrons. The summed E-state index contributed by atoms with van der Waals surface area (Å²) in [7, 11) is 0. The number of likely N-dealkylation sites (tertiary alicyclic amines) is 1. The lowest BCUT2D eigenvalue weighted by atomic mass is 9.99. The van der Waals surface area contributed by atoms with Crippen molar-refractivity contribution >= 4 is 17.2 Å². The second-order valence-corrected chi connectivity index (χ2v) is 7.07. The van der Waals surface area contributed by atoms with Crippen LogP contribution in [0.1, 0.15) is 42.0 Å². The Balaban J connectivity index is 1.83. The van der Waals surface area contributed by atoms with E-state index in [1.54, 1.807) is 11.8 Å². The number of aliphatic hydroxyl groups excluding tert-OH is 1. The molecule has 1 saturated heterocycles. The second-order valence-electron chi connectivity index (χ2n) is 6.29. The molecule has 1 amide bonds. The smallest absolute Gasteiger partial charge is 0.391 e. The van der Waals surface area contributed by atoms with E-state index in [4.69, 9.17) is 0 Å². The van der Waals surface area contributed by atoms with E-state index in [2.05, 4.69) is 0 Å². The highest BCUT2D eigenvalue weighted by Gasteiger charge is 2.38. The summed E-state index contributed by atoms with van der Waals surface area (Å²) in [5, 5.41) is 13.8. The molecule has 3 unspecified atom stereocenters. The molecule has 1 aliphatic heterocycles. The molecule has 1 fully saturated rings. The maximum atomic E-state index is 12.8. The first-order valence-electron chi connectivity index (χ1n) is 7.95. The third-order valence-electron chi connectivity index (χ3n) is 4.60. The summed E-state index contributed by atoms with van der Waals surface area (Å²) in [6.07, 6.45) is -4.74. The first-order valence-corrected chi connectivity index (χ1v) is 8.89. The predicted molar refractivity (Wildman–Crippen MR) is 89.3 cm³/mol. The third kappa shape index (κ3) is 3.72. The molecule has 25 heavy (non-hydrogen) atoms. The highest BCUT2D eigenvalue weighted by molar-refractivity contribution is 7.08. The zero-order valence-electron chi connectivity index (χ0n) is 13.5. The van der Waals surface area contributed by atoms with E-state index < -0.39 is 23.9 Å². The average Bonchev–Trinajstić information content (AvgIpc) is 3.22. The Morgan fingerprint density at radius 1 is 1.28 bits per heavy atom. The number of hydrogen-bond donors (Lipinski definition) is 1. The van der Waals surface area contributed by atoms with Crippen LogP contribution in [0.15, 0.2) is 41.1 Å². The lowest BCUT2D eigenvalue weighted by Crippen LogP contribution is -2.34. The zero-order valence-corrected chi connectivity index (χ0v) is 14.3. The van der Waals surface area contributed by atoms with Gasteiger partial charge in [-0.15, -0.1) is 0 Å². The molecule has 0 bridgehead atoms. The molecule has 1 aromatic carbocycles. The number of nitrogens with zero attached hydrogens (tertiary/aromatic N) is 1. The average molecular weight is 369 g/mol. The molecule has 1 N–H and O–H groups in total. The largest absolute Gasteiger partial charge is 0.416 e. The molecule has 0 aliphatic carbocycles. The summed E-state index contributed by atoms with van der Waals surface area (Å²) in [6.45, 7) is 2.00. The van der Waals surface area contributed by atoms with Crippen molar-refractivity contribution in [1.29, 1.82) is 0 Å². The van der Waals surface area contributed by atoms with Crippen molar-refractivity contribution in [2.24, 2.45) is 0 Å². The van der Waals surface area contributed by atoms with Gasteiger partial charge in [-0.1, -0.05) is 12.1 Å². The normalized spacial score (nSPS) is 22.2. The molecule has 2 aromatic rings. The molecule has 3 atom stereocenters. The maximum absolute atomic E-state index is 12.8. The Morgan fingerprint density at radius 3 is 2.52 bits per heavy atom. The summed E-state index contributed by atoms with van der Waals surface area (Å²) >= 11 is 1.50. The van der Waals surface area contributed by atoms with Gasteiger partial charge in [0.05, 0.1) is 23.6 Å². The Labute approximate surface area is 147 Å². The number of amides is 1. The van der Waals surface area contributed by atoms with E-state index in [0.717, 1.165) is 17.7 Å². The van der Waals surface area contributed by atoms with Crippen molar-refractivity contribution < 1.29 is 23.1 Å². The molecule has 1 aliphatic rings. The molecule has 7 heteroatoms. The molecule has 2 heterocycles. The van der Waals surface area contributed by atoms with E-state index in [9.17, 15) is 23.1 Å². The van der Waals surface area contributed by atoms with Crippen molar-refractivity contribution in [3.8, 4) is 0 Å². The standard InChI is InChI=1S/C18H18F3NO2S/c1-11(13-6-7-25-10-13)17(24)22-9-15(23)8-16(22)12-2-4-14(5-3-12)18(19,20)21/h2-7,10-11,15-16,23H,8-9H2,1H3. The summed E-state index contributed by atoms with van der Waals surface area (Å²) in [5.41, 5.74) is 0.789. The minimum Gasteiger partial charge on any atom is -0.391 e. The van der Waals surface area contributed by atoms with Crippen molar-refractivity contribution in [2.75, 3.05) is 6.54 Å². The van der Waals surface area contributed by atoms with Crippen LogP contribution in [0.4, 0.5) is 13.2 Å². The van der Waals surface area contributed by atoms with Gasteiger partial charge >= 0.3 is 6.18 Å². The van der Waals surface area contributed by atoms with Gasteiger partial charge in [-0.3, -0.25) is 4.79 Å². The fourth-order valence-corrected chi connectivity index (χ4v) is 3.93. The lowest BCUT2D eigenvalue weighted by Gasteiger charge is -2.27. The van der Waals surface area contributed by atoms with Crippen LogP contribution in [0.2, 0.25) is 0 Å². The number of thiophene rings is 1. The van der Waals surface area contributed by atoms with Gasteiger partial charge < -0.3 is 10.0 Å². The van der Waals surface area contributed by atoms with Crippen molar-refractivity contribution in [2.45, 2.75) is 37.6 Å². The van der Waals surface area contributed by atoms with Crippen molar-refractivity contribution in [3.05, 3.63) is 57.8 Å². The molecule has 3 nitrogen and oxygen atoms in total. The summed E-state index contributed by atoms with van der Waals surface area (Å²) < 4.78 is 38.2. The number of hydrogen-bond acceptors (Lipinski definition) is 3. The van der Waals surface area contributed by atoms with Gasteiger partial charge in [-0.2, -0.15) is 24.5 Å². The Kier molecular flexibility index (Phi) is 4.88. The van der Waals surface area contributed by atoms with Crippen LogP contribution in [0.25, 0.3) is 0 Å². The minimum atomic E-state index is -4.39. The number of rotatable bonds is 3. The fourth-order valence-electron chi connectivity index (χ4n) is 3.18. The molecule has 1 aromatic heterocycles. The monoisotopic (exact) mass is 369 g/mol. The highest BCUT2D eigenvalue weighted by atomic mass is 32.1. The maximum Gasteiger partial charge on any atom is 0.416 e. The van der Waals surface area contributed by atoms with E-state index in [1.165, 1.54) is 23.5 Å². The van der Waals surface area contributed by atoms with Crippen LogP contribution in [-0.2, 0) is 11.0 Å². The van der Waals surface area contributed by atoms with E-state index in [0.29, 0.717) is 12.0 Å². The fraction of sp³-hybridized carbons (Fsp3) is 0.389. The van der Waals surface area contributed by atoms with Crippen LogP contribution < -0.4 is 0 Å². The highest BCUT2D eigenvalue weighted by Crippen LogP contribution is 2.37. The van der Waals surface area contributed by atoms with Crippen molar-refractivity contribution in [3.63, 3.8) is 0 Å². The molecular weight excluding hydrogens is 351 g/mol. The number of aliphatic hydroxyl groups is 1. The van der Waals surface area contributed by atoms with Gasteiger partial charge in [0.2, 0.25) is 5.91 Å². The molecule has 134 valence electrons. The quantitative estimate of drug-likeness (QED) is 0.881. The van der Waals surface area contributed by atoms with Crippen LogP contribution >= 0.6 is 11.3 Å². The molecule has 0 spiro atoms. The molecular formula is C18H18F3NO2S. The van der Waals surface area contributed by atoms with Gasteiger partial charge in [0, 0.05) is 6.54 Å². The number of halogens is 3.